The molecule has 8 heteroatoms. The number of likely N-dealkylation sites (tertiary alicyclic amines) is 1. The lowest BCUT2D eigenvalue weighted by molar-refractivity contribution is -0.143. The minimum absolute atomic E-state index is 0.0427. The van der Waals surface area contributed by atoms with E-state index in [2.05, 4.69) is 10.6 Å². The van der Waals surface area contributed by atoms with Crippen molar-refractivity contribution in [3.63, 3.8) is 0 Å². The number of nitrogens with zero attached hydrogens (tertiary/aromatic N) is 1. The molecule has 8 nitrogen and oxygen atoms in total. The Morgan fingerprint density at radius 1 is 0.889 bits per heavy atom. The highest BCUT2D eigenvalue weighted by molar-refractivity contribution is 6.04. The highest BCUT2D eigenvalue weighted by atomic mass is 16.4. The summed E-state index contributed by atoms with van der Waals surface area (Å²) in [5.41, 5.74) is 2.66. The number of hydrogen-bond donors (Lipinski definition) is 3. The summed E-state index contributed by atoms with van der Waals surface area (Å²) in [4.78, 5) is 51.3. The first-order valence-electron chi connectivity index (χ1n) is 11.7. The summed E-state index contributed by atoms with van der Waals surface area (Å²) in [6.45, 7) is 0.294. The van der Waals surface area contributed by atoms with Gasteiger partial charge in [0.2, 0.25) is 11.8 Å². The van der Waals surface area contributed by atoms with Crippen molar-refractivity contribution >= 4 is 29.4 Å². The number of carbonyl (C=O) groups is 4. The zero-order chi connectivity index (χ0) is 25.5. The zero-order valence-corrected chi connectivity index (χ0v) is 19.6. The van der Waals surface area contributed by atoms with Gasteiger partial charge in [-0.2, -0.15) is 0 Å². The lowest BCUT2D eigenvalue weighted by atomic mass is 10.0. The van der Waals surface area contributed by atoms with Gasteiger partial charge in [0.25, 0.3) is 5.91 Å². The maximum Gasteiger partial charge on any atom is 0.326 e. The molecule has 184 valence electrons. The van der Waals surface area contributed by atoms with Crippen molar-refractivity contribution in [3.05, 3.63) is 102 Å². The average Bonchev–Trinajstić information content (AvgIpc) is 3.25. The van der Waals surface area contributed by atoms with E-state index in [0.717, 1.165) is 5.56 Å². The van der Waals surface area contributed by atoms with Gasteiger partial charge >= 0.3 is 5.97 Å². The first kappa shape index (κ1) is 24.7. The second-order valence-electron chi connectivity index (χ2n) is 8.68. The van der Waals surface area contributed by atoms with Crippen molar-refractivity contribution in [1.29, 1.82) is 0 Å². The van der Waals surface area contributed by atoms with E-state index in [-0.39, 0.29) is 24.7 Å². The smallest absolute Gasteiger partial charge is 0.326 e. The molecule has 1 heterocycles. The van der Waals surface area contributed by atoms with E-state index in [9.17, 15) is 24.3 Å². The standard InChI is InChI=1S/C28H27N3O5/c32-25-16-15-24(31(25)18-20-7-3-1-4-8-20)27(34)30-23(28(35)36)17-19-11-13-21(14-12-19)26(33)29-22-9-5-2-6-10-22/h1-14,23-24H,15-18H2,(H,29,33)(H,30,34)(H,35,36)/t23-,24-/m0/s1. The fraction of sp³-hybridized carbons (Fsp3) is 0.214. The number of carbonyl (C=O) groups excluding carboxylic acids is 3. The van der Waals surface area contributed by atoms with Gasteiger partial charge in [0, 0.05) is 30.6 Å². The number of benzene rings is 3. The Morgan fingerprint density at radius 3 is 2.17 bits per heavy atom. The van der Waals surface area contributed by atoms with Crippen LogP contribution in [0.25, 0.3) is 0 Å². The molecule has 3 amide bonds. The fourth-order valence-corrected chi connectivity index (χ4v) is 4.21. The summed E-state index contributed by atoms with van der Waals surface area (Å²) < 4.78 is 0. The minimum atomic E-state index is -1.17. The Kier molecular flexibility index (Phi) is 7.75. The maximum absolute atomic E-state index is 13.0. The van der Waals surface area contributed by atoms with Gasteiger partial charge in [-0.1, -0.05) is 60.7 Å². The van der Waals surface area contributed by atoms with Gasteiger partial charge in [0.1, 0.15) is 12.1 Å². The van der Waals surface area contributed by atoms with Crippen molar-refractivity contribution in [2.75, 3.05) is 5.32 Å². The molecule has 0 spiro atoms. The predicted molar refractivity (Wildman–Crippen MR) is 134 cm³/mol. The molecule has 3 aromatic carbocycles. The second kappa shape index (κ2) is 11.3. The van der Waals surface area contributed by atoms with Crippen LogP contribution in [-0.4, -0.2) is 45.8 Å². The van der Waals surface area contributed by atoms with Crippen LogP contribution in [0.1, 0.15) is 34.3 Å². The van der Waals surface area contributed by atoms with Crippen LogP contribution >= 0.6 is 0 Å². The van der Waals surface area contributed by atoms with Crippen LogP contribution in [0.2, 0.25) is 0 Å². The summed E-state index contributed by atoms with van der Waals surface area (Å²) in [5, 5.41) is 15.1. The van der Waals surface area contributed by atoms with Crippen molar-refractivity contribution in [3.8, 4) is 0 Å². The third-order valence-corrected chi connectivity index (χ3v) is 6.13. The average molecular weight is 486 g/mol. The van der Waals surface area contributed by atoms with Crippen LogP contribution in [0, 0.1) is 0 Å². The van der Waals surface area contributed by atoms with Crippen LogP contribution in [0.15, 0.2) is 84.9 Å². The molecule has 0 aromatic heterocycles. The summed E-state index contributed by atoms with van der Waals surface area (Å²) in [7, 11) is 0. The molecule has 3 aromatic rings. The number of anilines is 1. The van der Waals surface area contributed by atoms with Crippen molar-refractivity contribution < 1.29 is 24.3 Å². The number of carboxylic acid groups (broad SMARTS) is 1. The van der Waals surface area contributed by atoms with Gasteiger partial charge < -0.3 is 20.6 Å². The second-order valence-corrected chi connectivity index (χ2v) is 8.68. The molecule has 1 fully saturated rings. The Balaban J connectivity index is 1.38. The summed E-state index contributed by atoms with van der Waals surface area (Å²) >= 11 is 0. The van der Waals surface area contributed by atoms with Crippen LogP contribution < -0.4 is 10.6 Å². The number of amides is 3. The van der Waals surface area contributed by atoms with E-state index in [4.69, 9.17) is 0 Å². The Bertz CT molecular complexity index is 1230. The fourth-order valence-electron chi connectivity index (χ4n) is 4.21. The highest BCUT2D eigenvalue weighted by Gasteiger charge is 2.37. The van der Waals surface area contributed by atoms with Gasteiger partial charge in [0.15, 0.2) is 0 Å². The lowest BCUT2D eigenvalue weighted by Gasteiger charge is -2.25. The lowest BCUT2D eigenvalue weighted by Crippen LogP contribution is -2.50. The minimum Gasteiger partial charge on any atom is -0.480 e. The summed E-state index contributed by atoms with van der Waals surface area (Å²) in [6.07, 6.45) is 0.630. The molecule has 3 N–H and O–H groups in total. The molecule has 2 atom stereocenters. The third kappa shape index (κ3) is 6.15. The third-order valence-electron chi connectivity index (χ3n) is 6.13. The number of carboxylic acids is 1. The van der Waals surface area contributed by atoms with Gasteiger partial charge in [-0.05, 0) is 41.8 Å². The van der Waals surface area contributed by atoms with E-state index < -0.39 is 24.0 Å². The van der Waals surface area contributed by atoms with Gasteiger partial charge in [-0.3, -0.25) is 14.4 Å². The molecule has 1 aliphatic rings. The molecular weight excluding hydrogens is 458 g/mol. The van der Waals surface area contributed by atoms with Crippen molar-refractivity contribution in [2.24, 2.45) is 0 Å². The van der Waals surface area contributed by atoms with Gasteiger partial charge in [0.05, 0.1) is 0 Å². The molecule has 1 aliphatic heterocycles. The monoisotopic (exact) mass is 485 g/mol. The van der Waals surface area contributed by atoms with E-state index in [1.54, 1.807) is 36.4 Å². The summed E-state index contributed by atoms with van der Waals surface area (Å²) in [6, 6.07) is 23.1. The first-order valence-corrected chi connectivity index (χ1v) is 11.7. The molecule has 0 saturated carbocycles. The van der Waals surface area contributed by atoms with Crippen LogP contribution in [0.5, 0.6) is 0 Å². The van der Waals surface area contributed by atoms with E-state index in [0.29, 0.717) is 29.8 Å². The molecule has 36 heavy (non-hydrogen) atoms. The van der Waals surface area contributed by atoms with Crippen LogP contribution in [-0.2, 0) is 27.3 Å². The SMILES string of the molecule is O=C(Nc1ccccc1)c1ccc(C[C@H](NC(=O)[C@@H]2CCC(=O)N2Cc2ccccc2)C(=O)O)cc1. The molecule has 4 rings (SSSR count). The topological polar surface area (TPSA) is 116 Å². The van der Waals surface area contributed by atoms with Crippen molar-refractivity contribution in [1.82, 2.24) is 10.2 Å². The quantitative estimate of drug-likeness (QED) is 0.430. The maximum atomic E-state index is 13.0. The first-order chi connectivity index (χ1) is 17.4. The van der Waals surface area contributed by atoms with Gasteiger partial charge in [-0.25, -0.2) is 4.79 Å². The number of para-hydroxylation sites is 1. The van der Waals surface area contributed by atoms with Crippen LogP contribution in [0.4, 0.5) is 5.69 Å². The highest BCUT2D eigenvalue weighted by Crippen LogP contribution is 2.22. The number of rotatable bonds is 9. The van der Waals surface area contributed by atoms with E-state index in [1.165, 1.54) is 4.90 Å². The normalized spacial score (nSPS) is 15.8. The molecular formula is C28H27N3O5. The summed E-state index contributed by atoms with van der Waals surface area (Å²) in [5.74, 6) is -2.06. The molecule has 1 saturated heterocycles. The van der Waals surface area contributed by atoms with Crippen LogP contribution in [0.3, 0.4) is 0 Å². The van der Waals surface area contributed by atoms with Gasteiger partial charge in [-0.15, -0.1) is 0 Å². The number of nitrogens with one attached hydrogen (secondary N) is 2. The molecule has 0 radical (unpaired) electrons. The predicted octanol–water partition coefficient (Wildman–Crippen LogP) is 3.24. The Labute approximate surface area is 208 Å². The van der Waals surface area contributed by atoms with E-state index >= 15 is 0 Å². The number of aliphatic carboxylic acids is 1. The largest absolute Gasteiger partial charge is 0.480 e. The Morgan fingerprint density at radius 2 is 1.53 bits per heavy atom. The molecule has 0 unspecified atom stereocenters. The van der Waals surface area contributed by atoms with Crippen molar-refractivity contribution in [2.45, 2.75) is 37.9 Å². The Hall–Kier alpha value is -4.46. The zero-order valence-electron chi connectivity index (χ0n) is 19.6. The molecule has 0 aliphatic carbocycles. The molecule has 0 bridgehead atoms. The van der Waals surface area contributed by atoms with E-state index in [1.807, 2.05) is 48.5 Å². The number of hydrogen-bond acceptors (Lipinski definition) is 4.